The summed E-state index contributed by atoms with van der Waals surface area (Å²) in [5, 5.41) is 11.3. The van der Waals surface area contributed by atoms with Crippen LogP contribution in [0.4, 0.5) is 4.39 Å². The SMILES string of the molecule is Cc1ccc(CNC(=O)CSc2nncn2C(C)C)cc1F. The van der Waals surface area contributed by atoms with Crippen molar-refractivity contribution in [3.8, 4) is 0 Å². The maximum atomic E-state index is 13.4. The van der Waals surface area contributed by atoms with Gasteiger partial charge in [-0.25, -0.2) is 4.39 Å². The summed E-state index contributed by atoms with van der Waals surface area (Å²) in [5.41, 5.74) is 1.34. The minimum Gasteiger partial charge on any atom is -0.351 e. The van der Waals surface area contributed by atoms with Gasteiger partial charge in [0.25, 0.3) is 0 Å². The van der Waals surface area contributed by atoms with E-state index in [0.29, 0.717) is 17.3 Å². The van der Waals surface area contributed by atoms with E-state index in [1.54, 1.807) is 25.4 Å². The summed E-state index contributed by atoms with van der Waals surface area (Å²) in [6, 6.07) is 5.20. The fourth-order valence-corrected chi connectivity index (χ4v) is 2.69. The van der Waals surface area contributed by atoms with Gasteiger partial charge in [0, 0.05) is 12.6 Å². The van der Waals surface area contributed by atoms with Gasteiger partial charge in [0.2, 0.25) is 5.91 Å². The smallest absolute Gasteiger partial charge is 0.230 e. The number of nitrogens with one attached hydrogen (secondary N) is 1. The minimum absolute atomic E-state index is 0.121. The van der Waals surface area contributed by atoms with Gasteiger partial charge in [-0.3, -0.25) is 4.79 Å². The second-order valence-electron chi connectivity index (χ2n) is 5.26. The molecule has 0 fully saturated rings. The molecule has 0 radical (unpaired) electrons. The quantitative estimate of drug-likeness (QED) is 0.831. The van der Waals surface area contributed by atoms with E-state index in [1.165, 1.54) is 17.8 Å². The van der Waals surface area contributed by atoms with Crippen molar-refractivity contribution in [1.82, 2.24) is 20.1 Å². The average molecular weight is 322 g/mol. The Hall–Kier alpha value is -1.89. The van der Waals surface area contributed by atoms with E-state index in [0.717, 1.165) is 5.56 Å². The third-order valence-corrected chi connectivity index (χ3v) is 4.11. The Balaban J connectivity index is 1.83. The molecule has 0 bridgehead atoms. The Morgan fingerprint density at radius 1 is 1.45 bits per heavy atom. The standard InChI is InChI=1S/C15H19FN4OS/c1-10(2)20-9-18-19-15(20)22-8-14(21)17-7-12-5-4-11(3)13(16)6-12/h4-6,9-10H,7-8H2,1-3H3,(H,17,21). The van der Waals surface area contributed by atoms with Crippen LogP contribution in [0.1, 0.15) is 31.0 Å². The monoisotopic (exact) mass is 322 g/mol. The number of nitrogens with zero attached hydrogens (tertiary/aromatic N) is 3. The van der Waals surface area contributed by atoms with Crippen LogP contribution < -0.4 is 5.32 Å². The molecule has 1 aromatic carbocycles. The second-order valence-corrected chi connectivity index (χ2v) is 6.21. The molecule has 0 atom stereocenters. The van der Waals surface area contributed by atoms with Crippen molar-refractivity contribution in [2.24, 2.45) is 0 Å². The summed E-state index contributed by atoms with van der Waals surface area (Å²) in [7, 11) is 0. The van der Waals surface area contributed by atoms with Crippen molar-refractivity contribution in [3.63, 3.8) is 0 Å². The fourth-order valence-electron chi connectivity index (χ4n) is 1.82. The van der Waals surface area contributed by atoms with Crippen molar-refractivity contribution in [3.05, 3.63) is 41.5 Å². The van der Waals surface area contributed by atoms with E-state index < -0.39 is 0 Å². The zero-order valence-electron chi connectivity index (χ0n) is 12.8. The molecule has 0 saturated heterocycles. The van der Waals surface area contributed by atoms with E-state index in [1.807, 2.05) is 18.4 Å². The van der Waals surface area contributed by atoms with E-state index in [2.05, 4.69) is 15.5 Å². The minimum atomic E-state index is -0.258. The molecule has 1 aromatic heterocycles. The van der Waals surface area contributed by atoms with Gasteiger partial charge >= 0.3 is 0 Å². The first-order valence-electron chi connectivity index (χ1n) is 7.01. The highest BCUT2D eigenvalue weighted by atomic mass is 32.2. The lowest BCUT2D eigenvalue weighted by Gasteiger charge is -2.09. The number of carbonyl (C=O) groups excluding carboxylic acids is 1. The Bertz CT molecular complexity index is 657. The first kappa shape index (κ1) is 16.5. The predicted octanol–water partition coefficient (Wildman–Crippen LogP) is 2.72. The largest absolute Gasteiger partial charge is 0.351 e. The molecule has 0 aliphatic carbocycles. The van der Waals surface area contributed by atoms with Crippen molar-refractivity contribution in [2.45, 2.75) is 38.5 Å². The van der Waals surface area contributed by atoms with Crippen molar-refractivity contribution < 1.29 is 9.18 Å². The molecule has 0 saturated carbocycles. The number of hydrogen-bond donors (Lipinski definition) is 1. The van der Waals surface area contributed by atoms with Crippen LogP contribution in [0.5, 0.6) is 0 Å². The highest BCUT2D eigenvalue weighted by Crippen LogP contribution is 2.18. The highest BCUT2D eigenvalue weighted by molar-refractivity contribution is 7.99. The van der Waals surface area contributed by atoms with Crippen LogP contribution in [-0.2, 0) is 11.3 Å². The molecule has 118 valence electrons. The average Bonchev–Trinajstić information content (AvgIpc) is 2.95. The number of carbonyl (C=O) groups is 1. The number of thioether (sulfide) groups is 1. The van der Waals surface area contributed by atoms with Crippen LogP contribution >= 0.6 is 11.8 Å². The van der Waals surface area contributed by atoms with Crippen LogP contribution in [-0.4, -0.2) is 26.4 Å². The molecule has 0 aliphatic rings. The molecular weight excluding hydrogens is 303 g/mol. The molecule has 0 spiro atoms. The number of benzene rings is 1. The fraction of sp³-hybridized carbons (Fsp3) is 0.400. The number of halogens is 1. The van der Waals surface area contributed by atoms with E-state index >= 15 is 0 Å². The summed E-state index contributed by atoms with van der Waals surface area (Å²) < 4.78 is 15.3. The molecule has 22 heavy (non-hydrogen) atoms. The summed E-state index contributed by atoms with van der Waals surface area (Å²) in [5.74, 6) is -0.129. The maximum absolute atomic E-state index is 13.4. The number of rotatable bonds is 6. The van der Waals surface area contributed by atoms with Gasteiger partial charge in [0.05, 0.1) is 5.75 Å². The van der Waals surface area contributed by atoms with Crippen LogP contribution in [0, 0.1) is 12.7 Å². The molecule has 7 heteroatoms. The summed E-state index contributed by atoms with van der Waals surface area (Å²) in [6.45, 7) is 6.07. The van der Waals surface area contributed by atoms with Crippen molar-refractivity contribution in [1.29, 1.82) is 0 Å². The zero-order valence-corrected chi connectivity index (χ0v) is 13.7. The van der Waals surface area contributed by atoms with Crippen molar-refractivity contribution in [2.75, 3.05) is 5.75 Å². The lowest BCUT2D eigenvalue weighted by Crippen LogP contribution is -2.24. The van der Waals surface area contributed by atoms with Crippen molar-refractivity contribution >= 4 is 17.7 Å². The Morgan fingerprint density at radius 3 is 2.91 bits per heavy atom. The molecule has 5 nitrogen and oxygen atoms in total. The van der Waals surface area contributed by atoms with Crippen LogP contribution in [0.25, 0.3) is 0 Å². The Kier molecular flexibility index (Phi) is 5.54. The van der Waals surface area contributed by atoms with Gasteiger partial charge in [0.1, 0.15) is 12.1 Å². The lowest BCUT2D eigenvalue weighted by atomic mass is 10.1. The van der Waals surface area contributed by atoms with Gasteiger partial charge in [-0.1, -0.05) is 23.9 Å². The lowest BCUT2D eigenvalue weighted by molar-refractivity contribution is -0.118. The van der Waals surface area contributed by atoms with Crippen LogP contribution in [0.2, 0.25) is 0 Å². The topological polar surface area (TPSA) is 59.8 Å². The summed E-state index contributed by atoms with van der Waals surface area (Å²) in [6.07, 6.45) is 1.65. The number of hydrogen-bond acceptors (Lipinski definition) is 4. The third-order valence-electron chi connectivity index (χ3n) is 3.15. The van der Waals surface area contributed by atoms with Gasteiger partial charge < -0.3 is 9.88 Å². The van der Waals surface area contributed by atoms with E-state index in [4.69, 9.17) is 0 Å². The number of amides is 1. The molecular formula is C15H19FN4OS. The Labute approximate surface area is 133 Å². The first-order valence-corrected chi connectivity index (χ1v) is 8.00. The highest BCUT2D eigenvalue weighted by Gasteiger charge is 2.10. The van der Waals surface area contributed by atoms with Crippen LogP contribution in [0.3, 0.4) is 0 Å². The van der Waals surface area contributed by atoms with Gasteiger partial charge in [0.15, 0.2) is 5.16 Å². The number of aryl methyl sites for hydroxylation is 1. The predicted molar refractivity (Wildman–Crippen MR) is 84.1 cm³/mol. The van der Waals surface area contributed by atoms with Gasteiger partial charge in [-0.2, -0.15) is 0 Å². The second kappa shape index (κ2) is 7.40. The first-order chi connectivity index (χ1) is 10.5. The molecule has 1 N–H and O–H groups in total. The van der Waals surface area contributed by atoms with E-state index in [-0.39, 0.29) is 23.5 Å². The molecule has 2 aromatic rings. The molecule has 1 heterocycles. The maximum Gasteiger partial charge on any atom is 0.230 e. The molecule has 1 amide bonds. The molecule has 0 unspecified atom stereocenters. The van der Waals surface area contributed by atoms with Gasteiger partial charge in [-0.05, 0) is 38.0 Å². The van der Waals surface area contributed by atoms with Gasteiger partial charge in [-0.15, -0.1) is 10.2 Å². The Morgan fingerprint density at radius 2 is 2.23 bits per heavy atom. The van der Waals surface area contributed by atoms with Crippen LogP contribution in [0.15, 0.2) is 29.7 Å². The third kappa shape index (κ3) is 4.30. The summed E-state index contributed by atoms with van der Waals surface area (Å²) >= 11 is 1.33. The van der Waals surface area contributed by atoms with E-state index in [9.17, 15) is 9.18 Å². The number of aromatic nitrogens is 3. The summed E-state index contributed by atoms with van der Waals surface area (Å²) in [4.78, 5) is 11.9. The normalized spacial score (nSPS) is 11.0. The molecule has 0 aliphatic heterocycles. The molecule has 2 rings (SSSR count). The zero-order chi connectivity index (χ0) is 16.1.